The van der Waals surface area contributed by atoms with Crippen molar-refractivity contribution in [2.75, 3.05) is 6.26 Å². The Morgan fingerprint density at radius 2 is 1.95 bits per heavy atom. The minimum absolute atomic E-state index is 0.124. The first-order chi connectivity index (χ1) is 10.2. The topological polar surface area (TPSA) is 68.3 Å². The quantitative estimate of drug-likeness (QED) is 0.666. The van der Waals surface area contributed by atoms with E-state index in [0.29, 0.717) is 10.6 Å². The average Bonchev–Trinajstić information content (AvgIpc) is 2.42. The van der Waals surface area contributed by atoms with Crippen LogP contribution in [0.2, 0.25) is 0 Å². The highest BCUT2D eigenvalue weighted by atomic mass is 32.2. The number of carbonyl (C=O) groups is 2. The fourth-order valence-corrected chi connectivity index (χ4v) is 2.36. The molecule has 0 bridgehead atoms. The normalized spacial score (nSPS) is 12.9. The fourth-order valence-electron chi connectivity index (χ4n) is 1.82. The van der Waals surface area contributed by atoms with Crippen molar-refractivity contribution in [1.29, 1.82) is 0 Å². The molecule has 0 aromatic carbocycles. The van der Waals surface area contributed by atoms with E-state index in [-0.39, 0.29) is 17.4 Å². The highest BCUT2D eigenvalue weighted by Crippen LogP contribution is 2.20. The number of thioether (sulfide) groups is 1. The van der Waals surface area contributed by atoms with Gasteiger partial charge in [0, 0.05) is 11.7 Å². The molecule has 122 valence electrons. The summed E-state index contributed by atoms with van der Waals surface area (Å²) in [6.45, 7) is 9.35. The molecule has 1 amide bonds. The third kappa shape index (κ3) is 5.33. The molecule has 0 radical (unpaired) electrons. The Kier molecular flexibility index (Phi) is 6.41. The molecule has 6 heteroatoms. The lowest BCUT2D eigenvalue weighted by molar-refractivity contribution is -0.133. The van der Waals surface area contributed by atoms with Crippen LogP contribution in [-0.2, 0) is 9.53 Å². The van der Waals surface area contributed by atoms with E-state index in [1.807, 2.05) is 40.9 Å². The molecule has 0 aliphatic carbocycles. The summed E-state index contributed by atoms with van der Waals surface area (Å²) in [5.41, 5.74) is -0.000702. The Hall–Kier alpha value is -1.56. The van der Waals surface area contributed by atoms with Crippen molar-refractivity contribution in [3.8, 4) is 0 Å². The number of aromatic nitrogens is 1. The number of pyridine rings is 1. The number of ether oxygens (including phenoxy) is 1. The van der Waals surface area contributed by atoms with Crippen LogP contribution in [0.25, 0.3) is 0 Å². The van der Waals surface area contributed by atoms with Crippen molar-refractivity contribution in [3.63, 3.8) is 0 Å². The van der Waals surface area contributed by atoms with Gasteiger partial charge in [-0.2, -0.15) is 0 Å². The van der Waals surface area contributed by atoms with Crippen LogP contribution in [0.3, 0.4) is 0 Å². The summed E-state index contributed by atoms with van der Waals surface area (Å²) in [4.78, 5) is 28.8. The first-order valence-electron chi connectivity index (χ1n) is 7.17. The van der Waals surface area contributed by atoms with E-state index in [1.165, 1.54) is 11.8 Å². The van der Waals surface area contributed by atoms with Gasteiger partial charge < -0.3 is 10.1 Å². The van der Waals surface area contributed by atoms with E-state index in [1.54, 1.807) is 18.3 Å². The van der Waals surface area contributed by atoms with Gasteiger partial charge in [0.1, 0.15) is 5.03 Å². The van der Waals surface area contributed by atoms with Gasteiger partial charge >= 0.3 is 5.97 Å². The van der Waals surface area contributed by atoms with Crippen LogP contribution >= 0.6 is 11.8 Å². The molecule has 0 aliphatic rings. The maximum Gasteiger partial charge on any atom is 0.341 e. The van der Waals surface area contributed by atoms with Crippen molar-refractivity contribution < 1.29 is 14.3 Å². The third-order valence-electron chi connectivity index (χ3n) is 2.78. The molecule has 0 saturated carbocycles. The largest absolute Gasteiger partial charge is 0.448 e. The minimum atomic E-state index is -0.832. The minimum Gasteiger partial charge on any atom is -0.448 e. The summed E-state index contributed by atoms with van der Waals surface area (Å²) in [5.74, 6) is -0.939. The van der Waals surface area contributed by atoms with E-state index < -0.39 is 12.1 Å². The van der Waals surface area contributed by atoms with Crippen molar-refractivity contribution in [3.05, 3.63) is 23.9 Å². The van der Waals surface area contributed by atoms with Crippen molar-refractivity contribution in [2.24, 2.45) is 5.92 Å². The van der Waals surface area contributed by atoms with Gasteiger partial charge in [-0.25, -0.2) is 9.78 Å². The second kappa shape index (κ2) is 7.63. The highest BCUT2D eigenvalue weighted by molar-refractivity contribution is 7.98. The molecule has 1 unspecified atom stereocenters. The van der Waals surface area contributed by atoms with Crippen LogP contribution in [0.15, 0.2) is 23.4 Å². The summed E-state index contributed by atoms with van der Waals surface area (Å²) in [6.07, 6.45) is 2.63. The lowest BCUT2D eigenvalue weighted by Crippen LogP contribution is -2.48. The fraction of sp³-hybridized carbons (Fsp3) is 0.562. The predicted molar refractivity (Wildman–Crippen MR) is 88.0 cm³/mol. The number of esters is 1. The molecular weight excluding hydrogens is 300 g/mol. The van der Waals surface area contributed by atoms with Gasteiger partial charge in [0.25, 0.3) is 5.91 Å². The van der Waals surface area contributed by atoms with Gasteiger partial charge in [-0.05, 0) is 45.1 Å². The number of rotatable bonds is 5. The van der Waals surface area contributed by atoms with E-state index in [0.717, 1.165) is 0 Å². The number of nitrogens with one attached hydrogen (secondary N) is 1. The summed E-state index contributed by atoms with van der Waals surface area (Å²) >= 11 is 1.37. The first-order valence-corrected chi connectivity index (χ1v) is 8.40. The van der Waals surface area contributed by atoms with Crippen LogP contribution in [-0.4, -0.2) is 34.8 Å². The molecular formula is C16H24N2O3S. The molecule has 0 fully saturated rings. The summed E-state index contributed by atoms with van der Waals surface area (Å²) in [7, 11) is 0. The summed E-state index contributed by atoms with van der Waals surface area (Å²) in [6, 6.07) is 3.33. The molecule has 1 rings (SSSR count). The lowest BCUT2D eigenvalue weighted by Gasteiger charge is -2.26. The van der Waals surface area contributed by atoms with Crippen LogP contribution < -0.4 is 5.32 Å². The van der Waals surface area contributed by atoms with Crippen molar-refractivity contribution in [1.82, 2.24) is 10.3 Å². The number of hydrogen-bond acceptors (Lipinski definition) is 5. The number of nitrogens with zero attached hydrogens (tertiary/aromatic N) is 1. The van der Waals surface area contributed by atoms with Gasteiger partial charge in [0.2, 0.25) is 0 Å². The molecule has 1 aromatic heterocycles. The van der Waals surface area contributed by atoms with Crippen LogP contribution in [0.4, 0.5) is 0 Å². The van der Waals surface area contributed by atoms with Crippen molar-refractivity contribution in [2.45, 2.75) is 51.3 Å². The van der Waals surface area contributed by atoms with Crippen LogP contribution in [0.1, 0.15) is 45.0 Å². The maximum absolute atomic E-state index is 12.4. The van der Waals surface area contributed by atoms with Crippen LogP contribution in [0, 0.1) is 5.92 Å². The Morgan fingerprint density at radius 3 is 2.45 bits per heavy atom. The van der Waals surface area contributed by atoms with Gasteiger partial charge in [0.05, 0.1) is 5.56 Å². The third-order valence-corrected chi connectivity index (χ3v) is 3.49. The zero-order chi connectivity index (χ0) is 16.9. The molecule has 1 aromatic rings. The summed E-state index contributed by atoms with van der Waals surface area (Å²) < 4.78 is 5.44. The van der Waals surface area contributed by atoms with E-state index in [2.05, 4.69) is 10.3 Å². The van der Waals surface area contributed by atoms with Gasteiger partial charge in [0.15, 0.2) is 6.10 Å². The zero-order valence-corrected chi connectivity index (χ0v) is 14.8. The van der Waals surface area contributed by atoms with E-state index in [9.17, 15) is 9.59 Å². The summed E-state index contributed by atoms with van der Waals surface area (Å²) in [5, 5.41) is 3.44. The Labute approximate surface area is 136 Å². The molecule has 5 nitrogen and oxygen atoms in total. The van der Waals surface area contributed by atoms with Gasteiger partial charge in [-0.1, -0.05) is 13.8 Å². The Bertz CT molecular complexity index is 538. The SMILES string of the molecule is CSc1ncccc1C(=O)OC(C(=O)NC(C)(C)C)C(C)C. The highest BCUT2D eigenvalue weighted by Gasteiger charge is 2.30. The Morgan fingerprint density at radius 1 is 1.32 bits per heavy atom. The van der Waals surface area contributed by atoms with Gasteiger partial charge in [-0.15, -0.1) is 11.8 Å². The number of carbonyl (C=O) groups excluding carboxylic acids is 2. The molecule has 0 saturated heterocycles. The van der Waals surface area contributed by atoms with Gasteiger partial charge in [-0.3, -0.25) is 4.79 Å². The molecule has 1 atom stereocenters. The number of amides is 1. The molecule has 22 heavy (non-hydrogen) atoms. The maximum atomic E-state index is 12.4. The second-order valence-corrected chi connectivity index (χ2v) is 7.16. The number of hydrogen-bond donors (Lipinski definition) is 1. The molecule has 1 N–H and O–H groups in total. The molecule has 1 heterocycles. The zero-order valence-electron chi connectivity index (χ0n) is 14.0. The smallest absolute Gasteiger partial charge is 0.341 e. The predicted octanol–water partition coefficient (Wildman–Crippen LogP) is 2.90. The molecule has 0 aliphatic heterocycles. The standard InChI is InChI=1S/C16H24N2O3S/c1-10(2)12(13(19)18-16(3,4)5)21-15(20)11-8-7-9-17-14(11)22-6/h7-10,12H,1-6H3,(H,18,19). The molecule has 0 spiro atoms. The average molecular weight is 324 g/mol. The first kappa shape index (κ1) is 18.5. The van der Waals surface area contributed by atoms with E-state index >= 15 is 0 Å². The lowest BCUT2D eigenvalue weighted by atomic mass is 10.0. The Balaban J connectivity index is 2.91. The van der Waals surface area contributed by atoms with Crippen molar-refractivity contribution >= 4 is 23.6 Å². The monoisotopic (exact) mass is 324 g/mol. The van der Waals surface area contributed by atoms with E-state index in [4.69, 9.17) is 4.74 Å². The van der Waals surface area contributed by atoms with Crippen LogP contribution in [0.5, 0.6) is 0 Å². The second-order valence-electron chi connectivity index (χ2n) is 6.37.